The topological polar surface area (TPSA) is 59.0 Å². The summed E-state index contributed by atoms with van der Waals surface area (Å²) in [5, 5.41) is 10.6. The fourth-order valence-corrected chi connectivity index (χ4v) is 2.37. The molecule has 0 saturated heterocycles. The first kappa shape index (κ1) is 16.1. The first-order valence-electron chi connectivity index (χ1n) is 7.61. The summed E-state index contributed by atoms with van der Waals surface area (Å²) < 4.78 is 1.71. The van der Waals surface area contributed by atoms with Crippen molar-refractivity contribution >= 4 is 23.4 Å². The molecule has 24 heavy (non-hydrogen) atoms. The number of carbonyl (C=O) groups excluding carboxylic acids is 1. The van der Waals surface area contributed by atoms with Gasteiger partial charge < -0.3 is 5.32 Å². The third kappa shape index (κ3) is 4.36. The summed E-state index contributed by atoms with van der Waals surface area (Å²) in [6, 6.07) is 18.8. The van der Waals surface area contributed by atoms with E-state index in [1.165, 1.54) is 0 Å². The molecule has 0 spiro atoms. The monoisotopic (exact) mass is 340 g/mol. The Balaban J connectivity index is 1.48. The third-order valence-corrected chi connectivity index (χ3v) is 3.72. The van der Waals surface area contributed by atoms with Crippen LogP contribution in [0.25, 0.3) is 5.69 Å². The van der Waals surface area contributed by atoms with Gasteiger partial charge in [-0.25, -0.2) is 9.48 Å². The highest BCUT2D eigenvalue weighted by Gasteiger charge is 2.05. The van der Waals surface area contributed by atoms with E-state index in [9.17, 15) is 4.79 Å². The number of amides is 2. The average molecular weight is 341 g/mol. The molecular weight excluding hydrogens is 324 g/mol. The van der Waals surface area contributed by atoms with Gasteiger partial charge in [0.15, 0.2) is 5.82 Å². The van der Waals surface area contributed by atoms with E-state index in [4.69, 9.17) is 11.6 Å². The minimum atomic E-state index is -0.276. The summed E-state index contributed by atoms with van der Waals surface area (Å²) in [6.07, 6.45) is 2.54. The number of halogens is 1. The van der Waals surface area contributed by atoms with Crippen LogP contribution in [0.5, 0.6) is 0 Å². The van der Waals surface area contributed by atoms with E-state index in [1.807, 2.05) is 54.6 Å². The number of nitrogens with zero attached hydrogens (tertiary/aromatic N) is 2. The van der Waals surface area contributed by atoms with E-state index >= 15 is 0 Å². The number of benzene rings is 2. The van der Waals surface area contributed by atoms with E-state index < -0.39 is 0 Å². The highest BCUT2D eigenvalue weighted by Crippen LogP contribution is 2.10. The number of nitrogens with one attached hydrogen (secondary N) is 2. The molecule has 3 rings (SSSR count). The van der Waals surface area contributed by atoms with Crippen LogP contribution in [0.4, 0.5) is 10.6 Å². The molecule has 2 amide bonds. The van der Waals surface area contributed by atoms with Crippen LogP contribution in [0.3, 0.4) is 0 Å². The van der Waals surface area contributed by atoms with Crippen molar-refractivity contribution in [3.63, 3.8) is 0 Å². The maximum atomic E-state index is 11.9. The molecule has 1 aromatic heterocycles. The van der Waals surface area contributed by atoms with Gasteiger partial charge in [0.2, 0.25) is 0 Å². The van der Waals surface area contributed by atoms with Crippen molar-refractivity contribution in [3.8, 4) is 5.69 Å². The van der Waals surface area contributed by atoms with Gasteiger partial charge in [0.1, 0.15) is 0 Å². The smallest absolute Gasteiger partial charge is 0.320 e. The molecule has 0 bridgehead atoms. The quantitative estimate of drug-likeness (QED) is 0.740. The van der Waals surface area contributed by atoms with Gasteiger partial charge in [-0.05, 0) is 36.2 Å². The molecule has 5 nitrogen and oxygen atoms in total. The number of urea groups is 1. The highest BCUT2D eigenvalue weighted by atomic mass is 35.5. The van der Waals surface area contributed by atoms with Crippen molar-refractivity contribution in [2.45, 2.75) is 6.42 Å². The van der Waals surface area contributed by atoms with Crippen LogP contribution in [0, 0.1) is 0 Å². The summed E-state index contributed by atoms with van der Waals surface area (Å²) in [5.41, 5.74) is 2.06. The summed E-state index contributed by atoms with van der Waals surface area (Å²) >= 11 is 5.84. The number of aromatic nitrogens is 2. The number of carbonyl (C=O) groups is 1. The molecule has 0 aliphatic rings. The average Bonchev–Trinajstić information content (AvgIpc) is 3.06. The molecule has 0 aliphatic carbocycles. The molecule has 0 radical (unpaired) electrons. The van der Waals surface area contributed by atoms with Crippen molar-refractivity contribution in [1.29, 1.82) is 0 Å². The zero-order valence-electron chi connectivity index (χ0n) is 12.9. The number of rotatable bonds is 5. The summed E-state index contributed by atoms with van der Waals surface area (Å²) in [7, 11) is 0. The Morgan fingerprint density at radius 2 is 1.79 bits per heavy atom. The molecule has 2 aromatic carbocycles. The second-order valence-electron chi connectivity index (χ2n) is 5.24. The Bertz CT molecular complexity index is 799. The SMILES string of the molecule is O=C(NCCc1ccc(Cl)cc1)Nc1ccn(-c2ccccc2)n1. The predicted molar refractivity (Wildman–Crippen MR) is 95.7 cm³/mol. The Labute approximate surface area is 145 Å². The lowest BCUT2D eigenvalue weighted by atomic mass is 10.1. The number of para-hydroxylation sites is 1. The van der Waals surface area contributed by atoms with E-state index in [0.29, 0.717) is 17.4 Å². The van der Waals surface area contributed by atoms with Crippen LogP contribution in [0.2, 0.25) is 5.02 Å². The minimum Gasteiger partial charge on any atom is -0.337 e. The van der Waals surface area contributed by atoms with Crippen LogP contribution in [0.15, 0.2) is 66.9 Å². The van der Waals surface area contributed by atoms with Crippen LogP contribution in [-0.4, -0.2) is 22.4 Å². The molecule has 2 N–H and O–H groups in total. The summed E-state index contributed by atoms with van der Waals surface area (Å²) in [4.78, 5) is 11.9. The van der Waals surface area contributed by atoms with E-state index in [1.54, 1.807) is 16.9 Å². The Hall–Kier alpha value is -2.79. The van der Waals surface area contributed by atoms with E-state index in [0.717, 1.165) is 17.7 Å². The fraction of sp³-hybridized carbons (Fsp3) is 0.111. The molecule has 0 saturated carbocycles. The highest BCUT2D eigenvalue weighted by molar-refractivity contribution is 6.30. The Morgan fingerprint density at radius 3 is 2.54 bits per heavy atom. The number of anilines is 1. The van der Waals surface area contributed by atoms with Crippen molar-refractivity contribution < 1.29 is 4.79 Å². The van der Waals surface area contributed by atoms with Crippen LogP contribution >= 0.6 is 11.6 Å². The molecule has 3 aromatic rings. The summed E-state index contributed by atoms with van der Waals surface area (Å²) in [5.74, 6) is 0.503. The van der Waals surface area contributed by atoms with E-state index in [-0.39, 0.29) is 6.03 Å². The van der Waals surface area contributed by atoms with Gasteiger partial charge >= 0.3 is 6.03 Å². The van der Waals surface area contributed by atoms with Crippen LogP contribution in [-0.2, 0) is 6.42 Å². The van der Waals surface area contributed by atoms with Crippen LogP contribution in [0.1, 0.15) is 5.56 Å². The number of hydrogen-bond donors (Lipinski definition) is 2. The van der Waals surface area contributed by atoms with Crippen molar-refractivity contribution in [3.05, 3.63) is 77.4 Å². The van der Waals surface area contributed by atoms with Crippen molar-refractivity contribution in [2.75, 3.05) is 11.9 Å². The lowest BCUT2D eigenvalue weighted by Crippen LogP contribution is -2.30. The fourth-order valence-electron chi connectivity index (χ4n) is 2.25. The molecule has 0 unspecified atom stereocenters. The zero-order valence-corrected chi connectivity index (χ0v) is 13.7. The maximum Gasteiger partial charge on any atom is 0.320 e. The largest absolute Gasteiger partial charge is 0.337 e. The first-order valence-corrected chi connectivity index (χ1v) is 7.99. The van der Waals surface area contributed by atoms with Gasteiger partial charge in [0.25, 0.3) is 0 Å². The Kier molecular flexibility index (Phi) is 5.13. The van der Waals surface area contributed by atoms with Gasteiger partial charge in [0.05, 0.1) is 5.69 Å². The van der Waals surface area contributed by atoms with Gasteiger partial charge in [0, 0.05) is 23.8 Å². The number of hydrogen-bond acceptors (Lipinski definition) is 2. The molecule has 6 heteroatoms. The minimum absolute atomic E-state index is 0.276. The molecule has 122 valence electrons. The molecule has 0 aliphatic heterocycles. The lowest BCUT2D eigenvalue weighted by molar-refractivity contribution is 0.252. The molecule has 0 fully saturated rings. The third-order valence-electron chi connectivity index (χ3n) is 3.46. The van der Waals surface area contributed by atoms with Gasteiger partial charge in [-0.1, -0.05) is 41.9 Å². The standard InChI is InChI=1S/C18H17ClN4O/c19-15-8-6-14(7-9-15)10-12-20-18(24)21-17-11-13-23(22-17)16-4-2-1-3-5-16/h1-9,11,13H,10,12H2,(H2,20,21,22,24). The second kappa shape index (κ2) is 7.66. The summed E-state index contributed by atoms with van der Waals surface area (Å²) in [6.45, 7) is 0.535. The van der Waals surface area contributed by atoms with Crippen molar-refractivity contribution in [1.82, 2.24) is 15.1 Å². The second-order valence-corrected chi connectivity index (χ2v) is 5.67. The first-order chi connectivity index (χ1) is 11.7. The Morgan fingerprint density at radius 1 is 1.04 bits per heavy atom. The molecular formula is C18H17ClN4O. The molecule has 0 atom stereocenters. The van der Waals surface area contributed by atoms with Gasteiger partial charge in [-0.2, -0.15) is 0 Å². The van der Waals surface area contributed by atoms with Gasteiger partial charge in [-0.3, -0.25) is 5.32 Å². The predicted octanol–water partition coefficient (Wildman–Crippen LogP) is 3.89. The maximum absolute atomic E-state index is 11.9. The van der Waals surface area contributed by atoms with Crippen molar-refractivity contribution in [2.24, 2.45) is 0 Å². The molecule has 1 heterocycles. The lowest BCUT2D eigenvalue weighted by Gasteiger charge is -2.06. The van der Waals surface area contributed by atoms with Crippen LogP contribution < -0.4 is 10.6 Å². The van der Waals surface area contributed by atoms with Gasteiger partial charge in [-0.15, -0.1) is 5.10 Å². The zero-order chi connectivity index (χ0) is 16.8. The van der Waals surface area contributed by atoms with E-state index in [2.05, 4.69) is 15.7 Å². The normalized spacial score (nSPS) is 10.4.